The molecule has 1 aromatic rings. The molecular formula is C12H16FN. The average Bonchev–Trinajstić information content (AvgIpc) is 2.81. The van der Waals surface area contributed by atoms with E-state index in [9.17, 15) is 4.39 Å². The Kier molecular flexibility index (Phi) is 2.31. The van der Waals surface area contributed by atoms with Crippen LogP contribution in [-0.4, -0.2) is 5.54 Å². The second kappa shape index (κ2) is 3.35. The first-order valence-electron chi connectivity index (χ1n) is 5.17. The maximum Gasteiger partial charge on any atom is 0.123 e. The van der Waals surface area contributed by atoms with E-state index in [0.717, 1.165) is 24.8 Å². The fourth-order valence-electron chi connectivity index (χ4n) is 2.15. The number of halogens is 1. The van der Waals surface area contributed by atoms with Gasteiger partial charge in [0.05, 0.1) is 0 Å². The van der Waals surface area contributed by atoms with Crippen molar-refractivity contribution in [3.8, 4) is 0 Å². The quantitative estimate of drug-likeness (QED) is 0.784. The molecule has 1 nitrogen and oxygen atoms in total. The largest absolute Gasteiger partial charge is 0.325 e. The van der Waals surface area contributed by atoms with E-state index in [0.29, 0.717) is 5.92 Å². The van der Waals surface area contributed by atoms with Crippen molar-refractivity contribution in [2.24, 2.45) is 11.7 Å². The lowest BCUT2D eigenvalue weighted by molar-refractivity contribution is 0.577. The van der Waals surface area contributed by atoms with Crippen LogP contribution in [0, 0.1) is 11.7 Å². The van der Waals surface area contributed by atoms with Crippen LogP contribution in [-0.2, 0) is 6.42 Å². The van der Waals surface area contributed by atoms with Gasteiger partial charge in [0.15, 0.2) is 0 Å². The zero-order valence-corrected chi connectivity index (χ0v) is 8.46. The van der Waals surface area contributed by atoms with Gasteiger partial charge in [-0.05, 0) is 36.5 Å². The first kappa shape index (κ1) is 9.66. The van der Waals surface area contributed by atoms with Gasteiger partial charge in [-0.1, -0.05) is 25.5 Å². The topological polar surface area (TPSA) is 26.0 Å². The molecule has 0 radical (unpaired) electrons. The summed E-state index contributed by atoms with van der Waals surface area (Å²) in [4.78, 5) is 0. The van der Waals surface area contributed by atoms with Crippen molar-refractivity contribution in [2.75, 3.05) is 0 Å². The molecule has 1 fully saturated rings. The van der Waals surface area contributed by atoms with E-state index in [1.807, 2.05) is 12.1 Å². The molecule has 2 N–H and O–H groups in total. The van der Waals surface area contributed by atoms with Gasteiger partial charge in [-0.25, -0.2) is 4.39 Å². The molecule has 0 spiro atoms. The zero-order valence-electron chi connectivity index (χ0n) is 8.46. The molecule has 1 aliphatic carbocycles. The van der Waals surface area contributed by atoms with E-state index < -0.39 is 0 Å². The highest BCUT2D eigenvalue weighted by molar-refractivity contribution is 5.23. The van der Waals surface area contributed by atoms with Gasteiger partial charge in [-0.2, -0.15) is 0 Å². The van der Waals surface area contributed by atoms with E-state index in [1.165, 1.54) is 12.1 Å². The third kappa shape index (κ3) is 1.80. The van der Waals surface area contributed by atoms with E-state index in [-0.39, 0.29) is 11.4 Å². The lowest BCUT2D eigenvalue weighted by Crippen LogP contribution is -2.27. The molecule has 2 heteroatoms. The van der Waals surface area contributed by atoms with Gasteiger partial charge >= 0.3 is 0 Å². The highest BCUT2D eigenvalue weighted by Crippen LogP contribution is 2.45. The van der Waals surface area contributed by atoms with Crippen molar-refractivity contribution < 1.29 is 4.39 Å². The fraction of sp³-hybridized carbons (Fsp3) is 0.500. The maximum atomic E-state index is 12.6. The van der Waals surface area contributed by atoms with Crippen LogP contribution < -0.4 is 5.73 Å². The monoisotopic (exact) mass is 193 g/mol. The molecular weight excluding hydrogens is 177 g/mol. The van der Waals surface area contributed by atoms with E-state index in [1.54, 1.807) is 0 Å². The molecule has 0 heterocycles. The minimum absolute atomic E-state index is 0.00736. The third-order valence-corrected chi connectivity index (χ3v) is 3.22. The molecule has 0 saturated heterocycles. The Morgan fingerprint density at radius 1 is 1.43 bits per heavy atom. The Bertz CT molecular complexity index is 320. The highest BCUT2D eigenvalue weighted by Gasteiger charge is 2.48. The predicted molar refractivity (Wildman–Crippen MR) is 55.4 cm³/mol. The van der Waals surface area contributed by atoms with Gasteiger partial charge in [0.25, 0.3) is 0 Å². The summed E-state index contributed by atoms with van der Waals surface area (Å²) in [6.07, 6.45) is 3.14. The van der Waals surface area contributed by atoms with Gasteiger partial charge in [0, 0.05) is 5.54 Å². The normalized spacial score (nSPS) is 30.4. The van der Waals surface area contributed by atoms with Gasteiger partial charge < -0.3 is 5.73 Å². The summed E-state index contributed by atoms with van der Waals surface area (Å²) >= 11 is 0. The van der Waals surface area contributed by atoms with E-state index in [4.69, 9.17) is 5.73 Å². The van der Waals surface area contributed by atoms with Gasteiger partial charge in [0.2, 0.25) is 0 Å². The van der Waals surface area contributed by atoms with Crippen molar-refractivity contribution in [1.29, 1.82) is 0 Å². The maximum absolute atomic E-state index is 12.6. The average molecular weight is 193 g/mol. The van der Waals surface area contributed by atoms with Crippen LogP contribution in [0.1, 0.15) is 25.3 Å². The molecule has 0 amide bonds. The SMILES string of the molecule is CCC1CC1(N)Cc1ccc(F)cc1. The Morgan fingerprint density at radius 3 is 2.57 bits per heavy atom. The van der Waals surface area contributed by atoms with Crippen molar-refractivity contribution in [3.63, 3.8) is 0 Å². The van der Waals surface area contributed by atoms with Crippen molar-refractivity contribution in [3.05, 3.63) is 35.6 Å². The third-order valence-electron chi connectivity index (χ3n) is 3.22. The predicted octanol–water partition coefficient (Wildman–Crippen LogP) is 2.50. The Morgan fingerprint density at radius 2 is 2.07 bits per heavy atom. The fourth-order valence-corrected chi connectivity index (χ4v) is 2.15. The number of hydrogen-bond donors (Lipinski definition) is 1. The summed E-state index contributed by atoms with van der Waals surface area (Å²) in [6.45, 7) is 2.17. The van der Waals surface area contributed by atoms with Crippen molar-refractivity contribution >= 4 is 0 Å². The van der Waals surface area contributed by atoms with Gasteiger partial charge in [0.1, 0.15) is 5.82 Å². The van der Waals surface area contributed by atoms with Crippen LogP contribution in [0.2, 0.25) is 0 Å². The summed E-state index contributed by atoms with van der Waals surface area (Å²) in [5.41, 5.74) is 7.31. The van der Waals surface area contributed by atoms with Crippen LogP contribution in [0.5, 0.6) is 0 Å². The molecule has 2 rings (SSSR count). The molecule has 0 aliphatic heterocycles. The van der Waals surface area contributed by atoms with Crippen LogP contribution in [0.15, 0.2) is 24.3 Å². The summed E-state index contributed by atoms with van der Waals surface area (Å²) in [7, 11) is 0. The summed E-state index contributed by atoms with van der Waals surface area (Å²) in [5, 5.41) is 0. The molecule has 1 aromatic carbocycles. The first-order chi connectivity index (χ1) is 6.64. The standard InChI is InChI=1S/C12H16FN/c1-2-10-8-12(10,14)7-9-3-5-11(13)6-4-9/h3-6,10H,2,7-8,14H2,1H3. The minimum atomic E-state index is -0.178. The Hall–Kier alpha value is -0.890. The number of nitrogens with two attached hydrogens (primary N) is 1. The van der Waals surface area contributed by atoms with Crippen LogP contribution in [0.4, 0.5) is 4.39 Å². The molecule has 14 heavy (non-hydrogen) atoms. The minimum Gasteiger partial charge on any atom is -0.325 e. The second-order valence-corrected chi connectivity index (χ2v) is 4.35. The molecule has 2 unspecified atom stereocenters. The van der Waals surface area contributed by atoms with Crippen LogP contribution in [0.3, 0.4) is 0 Å². The van der Waals surface area contributed by atoms with Gasteiger partial charge in [-0.3, -0.25) is 0 Å². The molecule has 1 aliphatic rings. The number of rotatable bonds is 3. The molecule has 0 aromatic heterocycles. The van der Waals surface area contributed by atoms with Crippen LogP contribution in [0.25, 0.3) is 0 Å². The molecule has 1 saturated carbocycles. The zero-order chi connectivity index (χ0) is 10.2. The van der Waals surface area contributed by atoms with E-state index >= 15 is 0 Å². The summed E-state index contributed by atoms with van der Waals surface area (Å²) in [5.74, 6) is 0.482. The number of hydrogen-bond acceptors (Lipinski definition) is 1. The first-order valence-corrected chi connectivity index (χ1v) is 5.17. The molecule has 76 valence electrons. The lowest BCUT2D eigenvalue weighted by Gasteiger charge is -2.10. The Balaban J connectivity index is 2.02. The second-order valence-electron chi connectivity index (χ2n) is 4.35. The van der Waals surface area contributed by atoms with E-state index in [2.05, 4.69) is 6.92 Å². The smallest absolute Gasteiger partial charge is 0.123 e. The van der Waals surface area contributed by atoms with Gasteiger partial charge in [-0.15, -0.1) is 0 Å². The number of benzene rings is 1. The summed E-state index contributed by atoms with van der Waals surface area (Å²) < 4.78 is 12.6. The lowest BCUT2D eigenvalue weighted by atomic mass is 10.0. The highest BCUT2D eigenvalue weighted by atomic mass is 19.1. The Labute approximate surface area is 84.1 Å². The molecule has 0 bridgehead atoms. The van der Waals surface area contributed by atoms with Crippen molar-refractivity contribution in [2.45, 2.75) is 31.7 Å². The molecule has 2 atom stereocenters. The summed E-state index contributed by atoms with van der Waals surface area (Å²) in [6, 6.07) is 6.66. The van der Waals surface area contributed by atoms with Crippen molar-refractivity contribution in [1.82, 2.24) is 0 Å². The van der Waals surface area contributed by atoms with Crippen LogP contribution >= 0.6 is 0 Å².